The SMILES string of the molecule is CCOc1ccc(CC(=O)NCCn2ncc3c(N4CCCCC4)nc(SC(C)C)nc32)cc1. The molecule has 9 heteroatoms. The molecule has 1 aliphatic heterocycles. The van der Waals surface area contributed by atoms with Gasteiger partial charge in [-0.25, -0.2) is 14.6 Å². The third kappa shape index (κ3) is 6.20. The van der Waals surface area contributed by atoms with E-state index in [4.69, 9.17) is 14.7 Å². The minimum absolute atomic E-state index is 0.0136. The number of fused-ring (bicyclic) bond motifs is 1. The smallest absolute Gasteiger partial charge is 0.224 e. The van der Waals surface area contributed by atoms with Crippen LogP contribution in [0.5, 0.6) is 5.75 Å². The Hall–Kier alpha value is -2.81. The molecule has 1 saturated heterocycles. The molecule has 0 bridgehead atoms. The van der Waals surface area contributed by atoms with E-state index in [9.17, 15) is 4.79 Å². The van der Waals surface area contributed by atoms with Crippen LogP contribution in [0.3, 0.4) is 0 Å². The largest absolute Gasteiger partial charge is 0.494 e. The normalized spacial score (nSPS) is 14.1. The van der Waals surface area contributed by atoms with E-state index in [1.807, 2.05) is 42.1 Å². The highest BCUT2D eigenvalue weighted by atomic mass is 32.2. The maximum Gasteiger partial charge on any atom is 0.224 e. The molecule has 1 amide bonds. The molecule has 1 fully saturated rings. The van der Waals surface area contributed by atoms with Crippen LogP contribution in [0.25, 0.3) is 11.0 Å². The summed E-state index contributed by atoms with van der Waals surface area (Å²) in [5.41, 5.74) is 1.79. The van der Waals surface area contributed by atoms with Crippen molar-refractivity contribution in [3.8, 4) is 5.75 Å². The topological polar surface area (TPSA) is 85.2 Å². The average molecular weight is 483 g/mol. The average Bonchev–Trinajstić information content (AvgIpc) is 3.23. The standard InChI is InChI=1S/C25H34N6O2S/c1-4-33-20-10-8-19(9-11-20)16-22(32)26-12-15-31-24-21(17-27-31)23(30-13-6-5-7-14-30)28-25(29-24)34-18(2)3/h8-11,17-18H,4-7,12-16H2,1-3H3,(H,26,32). The summed E-state index contributed by atoms with van der Waals surface area (Å²) in [5.74, 6) is 1.79. The second-order valence-electron chi connectivity index (χ2n) is 8.75. The number of hydrogen-bond donors (Lipinski definition) is 1. The van der Waals surface area contributed by atoms with E-state index in [1.165, 1.54) is 19.3 Å². The van der Waals surface area contributed by atoms with Crippen molar-refractivity contribution < 1.29 is 9.53 Å². The number of anilines is 1. The van der Waals surface area contributed by atoms with E-state index >= 15 is 0 Å². The van der Waals surface area contributed by atoms with E-state index in [-0.39, 0.29) is 5.91 Å². The maximum atomic E-state index is 12.4. The van der Waals surface area contributed by atoms with Crippen molar-refractivity contribution in [3.63, 3.8) is 0 Å². The molecule has 2 aromatic heterocycles. The molecule has 0 spiro atoms. The fraction of sp³-hybridized carbons (Fsp3) is 0.520. The van der Waals surface area contributed by atoms with Gasteiger partial charge in [-0.3, -0.25) is 4.79 Å². The zero-order valence-corrected chi connectivity index (χ0v) is 21.1. The lowest BCUT2D eigenvalue weighted by Gasteiger charge is -2.28. The van der Waals surface area contributed by atoms with Crippen LogP contribution in [0.15, 0.2) is 35.6 Å². The van der Waals surface area contributed by atoms with Crippen molar-refractivity contribution >= 4 is 34.5 Å². The number of hydrogen-bond acceptors (Lipinski definition) is 7. The molecule has 0 saturated carbocycles. The van der Waals surface area contributed by atoms with Crippen LogP contribution in [-0.4, -0.2) is 57.1 Å². The lowest BCUT2D eigenvalue weighted by molar-refractivity contribution is -0.120. The number of carbonyl (C=O) groups excluding carboxylic acids is 1. The molecular formula is C25H34N6O2S. The number of benzene rings is 1. The van der Waals surface area contributed by atoms with Crippen LogP contribution in [0.4, 0.5) is 5.82 Å². The number of nitrogens with zero attached hydrogens (tertiary/aromatic N) is 5. The molecule has 0 radical (unpaired) electrons. The van der Waals surface area contributed by atoms with Gasteiger partial charge in [-0.05, 0) is 43.9 Å². The van der Waals surface area contributed by atoms with Crippen molar-refractivity contribution in [3.05, 3.63) is 36.0 Å². The summed E-state index contributed by atoms with van der Waals surface area (Å²) in [5, 5.41) is 9.76. The van der Waals surface area contributed by atoms with Gasteiger partial charge in [0.15, 0.2) is 10.8 Å². The predicted molar refractivity (Wildman–Crippen MR) is 137 cm³/mol. The summed E-state index contributed by atoms with van der Waals surface area (Å²) in [6.07, 6.45) is 5.85. The third-order valence-corrected chi connectivity index (χ3v) is 6.56. The molecular weight excluding hydrogens is 448 g/mol. The Morgan fingerprint density at radius 1 is 1.15 bits per heavy atom. The van der Waals surface area contributed by atoms with Gasteiger partial charge in [-0.2, -0.15) is 5.10 Å². The van der Waals surface area contributed by atoms with Gasteiger partial charge in [0.1, 0.15) is 11.6 Å². The first-order chi connectivity index (χ1) is 16.5. The Balaban J connectivity index is 1.42. The quantitative estimate of drug-likeness (QED) is 0.344. The van der Waals surface area contributed by atoms with Gasteiger partial charge in [0, 0.05) is 24.9 Å². The molecule has 4 rings (SSSR count). The second kappa shape index (κ2) is 11.6. The van der Waals surface area contributed by atoms with Gasteiger partial charge in [-0.1, -0.05) is 37.7 Å². The van der Waals surface area contributed by atoms with Crippen LogP contribution in [0.2, 0.25) is 0 Å². The van der Waals surface area contributed by atoms with E-state index in [0.717, 1.165) is 46.4 Å². The number of rotatable bonds is 10. The molecule has 3 heterocycles. The first kappa shape index (κ1) is 24.3. The van der Waals surface area contributed by atoms with Crippen molar-refractivity contribution in [1.29, 1.82) is 0 Å². The van der Waals surface area contributed by atoms with Gasteiger partial charge in [-0.15, -0.1) is 0 Å². The molecule has 3 aromatic rings. The van der Waals surface area contributed by atoms with E-state index in [2.05, 4.69) is 29.2 Å². The highest BCUT2D eigenvalue weighted by molar-refractivity contribution is 7.99. The van der Waals surface area contributed by atoms with E-state index < -0.39 is 0 Å². The minimum Gasteiger partial charge on any atom is -0.494 e. The van der Waals surface area contributed by atoms with Crippen LogP contribution in [0.1, 0.15) is 45.6 Å². The molecule has 34 heavy (non-hydrogen) atoms. The van der Waals surface area contributed by atoms with Crippen molar-refractivity contribution in [1.82, 2.24) is 25.1 Å². The fourth-order valence-corrected chi connectivity index (χ4v) is 4.81. The molecule has 1 aromatic carbocycles. The number of amides is 1. The van der Waals surface area contributed by atoms with Crippen molar-refractivity contribution in [2.75, 3.05) is 31.1 Å². The van der Waals surface area contributed by atoms with Gasteiger partial charge in [0.05, 0.1) is 31.2 Å². The highest BCUT2D eigenvalue weighted by Gasteiger charge is 2.20. The summed E-state index contributed by atoms with van der Waals surface area (Å²) >= 11 is 1.67. The fourth-order valence-electron chi connectivity index (χ4n) is 4.11. The molecule has 1 aliphatic rings. The van der Waals surface area contributed by atoms with Crippen LogP contribution >= 0.6 is 11.8 Å². The first-order valence-corrected chi connectivity index (χ1v) is 13.0. The number of carbonyl (C=O) groups is 1. The van der Waals surface area contributed by atoms with Crippen molar-refractivity contribution in [2.45, 2.75) is 63.4 Å². The maximum absolute atomic E-state index is 12.4. The van der Waals surface area contributed by atoms with Crippen LogP contribution in [-0.2, 0) is 17.8 Å². The van der Waals surface area contributed by atoms with E-state index in [1.54, 1.807) is 11.8 Å². The molecule has 0 atom stereocenters. The lowest BCUT2D eigenvalue weighted by Crippen LogP contribution is -2.30. The molecule has 8 nitrogen and oxygen atoms in total. The zero-order chi connectivity index (χ0) is 23.9. The number of nitrogens with one attached hydrogen (secondary N) is 1. The monoisotopic (exact) mass is 482 g/mol. The van der Waals surface area contributed by atoms with Crippen molar-refractivity contribution in [2.24, 2.45) is 0 Å². The number of piperidine rings is 1. The number of thioether (sulfide) groups is 1. The Labute approximate surface area is 205 Å². The second-order valence-corrected chi connectivity index (χ2v) is 10.3. The Morgan fingerprint density at radius 2 is 1.91 bits per heavy atom. The van der Waals surface area contributed by atoms with Crippen LogP contribution < -0.4 is 15.0 Å². The summed E-state index contributed by atoms with van der Waals surface area (Å²) in [4.78, 5) is 24.5. The Morgan fingerprint density at radius 3 is 2.62 bits per heavy atom. The summed E-state index contributed by atoms with van der Waals surface area (Å²) < 4.78 is 7.34. The van der Waals surface area contributed by atoms with Crippen LogP contribution in [0, 0.1) is 0 Å². The Kier molecular flexibility index (Phi) is 8.26. The molecule has 1 N–H and O–H groups in total. The lowest BCUT2D eigenvalue weighted by atomic mass is 10.1. The summed E-state index contributed by atoms with van der Waals surface area (Å²) in [6.45, 7) is 9.96. The zero-order valence-electron chi connectivity index (χ0n) is 20.3. The minimum atomic E-state index is -0.0136. The first-order valence-electron chi connectivity index (χ1n) is 12.2. The van der Waals surface area contributed by atoms with Gasteiger partial charge >= 0.3 is 0 Å². The molecule has 0 unspecified atom stereocenters. The number of ether oxygens (including phenoxy) is 1. The molecule has 182 valence electrons. The van der Waals surface area contributed by atoms with Gasteiger partial charge < -0.3 is 15.0 Å². The summed E-state index contributed by atoms with van der Waals surface area (Å²) in [7, 11) is 0. The predicted octanol–water partition coefficient (Wildman–Crippen LogP) is 4.07. The van der Waals surface area contributed by atoms with E-state index in [0.29, 0.717) is 31.4 Å². The molecule has 0 aliphatic carbocycles. The third-order valence-electron chi connectivity index (χ3n) is 5.70. The van der Waals surface area contributed by atoms with Gasteiger partial charge in [0.25, 0.3) is 0 Å². The highest BCUT2D eigenvalue weighted by Crippen LogP contribution is 2.30. The Bertz CT molecular complexity index is 1090. The summed E-state index contributed by atoms with van der Waals surface area (Å²) in [6, 6.07) is 7.65. The number of aromatic nitrogens is 4. The van der Waals surface area contributed by atoms with Gasteiger partial charge in [0.2, 0.25) is 5.91 Å².